The summed E-state index contributed by atoms with van der Waals surface area (Å²) in [5, 5.41) is 17.4. The molecule has 3 heteroatoms. The molecule has 1 aromatic carbocycles. The number of halogens is 1. The van der Waals surface area contributed by atoms with Crippen LogP contribution in [0.2, 0.25) is 0 Å². The van der Waals surface area contributed by atoms with E-state index >= 15 is 0 Å². The second-order valence-corrected chi connectivity index (χ2v) is 2.14. The molecule has 0 unspecified atom stereocenters. The van der Waals surface area contributed by atoms with Crippen molar-refractivity contribution >= 4 is 12.4 Å². The fourth-order valence-electron chi connectivity index (χ4n) is 0.826. The van der Waals surface area contributed by atoms with Crippen molar-refractivity contribution < 1.29 is 10.2 Å². The van der Waals surface area contributed by atoms with E-state index in [0.717, 1.165) is 11.1 Å². The van der Waals surface area contributed by atoms with E-state index in [4.69, 9.17) is 10.2 Å². The first-order chi connectivity index (χ1) is 4.86. The van der Waals surface area contributed by atoms with Crippen molar-refractivity contribution in [1.29, 1.82) is 0 Å². The molecule has 11 heavy (non-hydrogen) atoms. The van der Waals surface area contributed by atoms with Crippen molar-refractivity contribution in [2.75, 3.05) is 0 Å². The molecule has 2 nitrogen and oxygen atoms in total. The monoisotopic (exact) mass is 174 g/mol. The SMILES string of the molecule is Cl.OCc1cccc(CO)c1. The Hall–Kier alpha value is -0.570. The van der Waals surface area contributed by atoms with Crippen LogP contribution in [0.1, 0.15) is 11.1 Å². The van der Waals surface area contributed by atoms with Gasteiger partial charge in [-0.25, -0.2) is 0 Å². The third-order valence-corrected chi connectivity index (χ3v) is 1.36. The lowest BCUT2D eigenvalue weighted by Crippen LogP contribution is -1.86. The Morgan fingerprint density at radius 1 is 1.00 bits per heavy atom. The molecule has 62 valence electrons. The molecule has 0 heterocycles. The van der Waals surface area contributed by atoms with Gasteiger partial charge in [0.1, 0.15) is 0 Å². The van der Waals surface area contributed by atoms with Gasteiger partial charge < -0.3 is 10.2 Å². The van der Waals surface area contributed by atoms with E-state index < -0.39 is 0 Å². The number of hydrogen-bond acceptors (Lipinski definition) is 2. The summed E-state index contributed by atoms with van der Waals surface area (Å²) in [4.78, 5) is 0. The minimum absolute atomic E-state index is 0. The van der Waals surface area contributed by atoms with Crippen molar-refractivity contribution in [3.05, 3.63) is 35.4 Å². The zero-order valence-electron chi connectivity index (χ0n) is 6.03. The maximum absolute atomic E-state index is 8.68. The van der Waals surface area contributed by atoms with Crippen LogP contribution in [0.4, 0.5) is 0 Å². The second-order valence-electron chi connectivity index (χ2n) is 2.14. The highest BCUT2D eigenvalue weighted by Gasteiger charge is 1.91. The number of rotatable bonds is 2. The Balaban J connectivity index is 0.000001000. The first kappa shape index (κ1) is 10.4. The number of hydrogen-bond donors (Lipinski definition) is 2. The first-order valence-corrected chi connectivity index (χ1v) is 3.16. The molecule has 0 aliphatic rings. The fourth-order valence-corrected chi connectivity index (χ4v) is 0.826. The molecule has 1 rings (SSSR count). The zero-order chi connectivity index (χ0) is 7.40. The molecule has 0 bridgehead atoms. The van der Waals surface area contributed by atoms with Crippen LogP contribution in [0.5, 0.6) is 0 Å². The predicted molar refractivity (Wildman–Crippen MR) is 45.5 cm³/mol. The summed E-state index contributed by atoms with van der Waals surface area (Å²) in [6.45, 7) is 0.0711. The molecule has 0 aliphatic heterocycles. The molecule has 1 aromatic rings. The summed E-state index contributed by atoms with van der Waals surface area (Å²) in [6, 6.07) is 7.23. The summed E-state index contributed by atoms with van der Waals surface area (Å²) in [5.41, 5.74) is 1.68. The lowest BCUT2D eigenvalue weighted by Gasteiger charge is -1.97. The van der Waals surface area contributed by atoms with E-state index in [0.29, 0.717) is 0 Å². The summed E-state index contributed by atoms with van der Waals surface area (Å²) in [7, 11) is 0. The zero-order valence-corrected chi connectivity index (χ0v) is 6.84. The molecule has 0 atom stereocenters. The van der Waals surface area contributed by atoms with Crippen LogP contribution in [0.3, 0.4) is 0 Å². The molecule has 0 spiro atoms. The van der Waals surface area contributed by atoms with E-state index in [1.807, 2.05) is 18.2 Å². The standard InChI is InChI=1S/C8H10O2.ClH/c9-5-7-2-1-3-8(4-7)6-10;/h1-4,9-10H,5-6H2;1H. The van der Waals surface area contributed by atoms with Crippen molar-refractivity contribution in [2.24, 2.45) is 0 Å². The van der Waals surface area contributed by atoms with Gasteiger partial charge in [-0.05, 0) is 11.1 Å². The Kier molecular flexibility index (Phi) is 4.86. The summed E-state index contributed by atoms with van der Waals surface area (Å²) in [6.07, 6.45) is 0. The van der Waals surface area contributed by atoms with Gasteiger partial charge >= 0.3 is 0 Å². The molecule has 0 saturated heterocycles. The lowest BCUT2D eigenvalue weighted by molar-refractivity contribution is 0.275. The molecular formula is C8H11ClO2. The molecule has 2 N–H and O–H groups in total. The minimum atomic E-state index is 0. The second kappa shape index (κ2) is 5.13. The number of benzene rings is 1. The van der Waals surface area contributed by atoms with Crippen molar-refractivity contribution in [3.8, 4) is 0 Å². The van der Waals surface area contributed by atoms with E-state index in [1.165, 1.54) is 0 Å². The smallest absolute Gasteiger partial charge is 0.0681 e. The van der Waals surface area contributed by atoms with Gasteiger partial charge in [0.15, 0.2) is 0 Å². The molecular weight excluding hydrogens is 164 g/mol. The Bertz CT molecular complexity index is 194. The van der Waals surface area contributed by atoms with Gasteiger partial charge in [0.2, 0.25) is 0 Å². The largest absolute Gasteiger partial charge is 0.392 e. The van der Waals surface area contributed by atoms with Crippen molar-refractivity contribution in [2.45, 2.75) is 13.2 Å². The number of aliphatic hydroxyl groups excluding tert-OH is 2. The van der Waals surface area contributed by atoms with Gasteiger partial charge in [0, 0.05) is 0 Å². The normalized spacial score (nSPS) is 8.91. The third kappa shape index (κ3) is 2.89. The molecule has 0 saturated carbocycles. The molecule has 0 fully saturated rings. The molecule has 0 aliphatic carbocycles. The van der Waals surface area contributed by atoms with Gasteiger partial charge in [-0.15, -0.1) is 12.4 Å². The Morgan fingerprint density at radius 2 is 1.45 bits per heavy atom. The lowest BCUT2D eigenvalue weighted by atomic mass is 10.1. The maximum Gasteiger partial charge on any atom is 0.0681 e. The molecule has 0 radical (unpaired) electrons. The summed E-state index contributed by atoms with van der Waals surface area (Å²) >= 11 is 0. The number of aliphatic hydroxyl groups is 2. The highest BCUT2D eigenvalue weighted by atomic mass is 35.5. The van der Waals surface area contributed by atoms with Crippen molar-refractivity contribution in [3.63, 3.8) is 0 Å². The minimum Gasteiger partial charge on any atom is -0.392 e. The summed E-state index contributed by atoms with van der Waals surface area (Å²) < 4.78 is 0. The first-order valence-electron chi connectivity index (χ1n) is 3.16. The van der Waals surface area contributed by atoms with Crippen LogP contribution < -0.4 is 0 Å². The van der Waals surface area contributed by atoms with Crippen LogP contribution in [0.15, 0.2) is 24.3 Å². The predicted octanol–water partition coefficient (Wildman–Crippen LogP) is 1.09. The fraction of sp³-hybridized carbons (Fsp3) is 0.250. The van der Waals surface area contributed by atoms with Gasteiger partial charge in [-0.3, -0.25) is 0 Å². The third-order valence-electron chi connectivity index (χ3n) is 1.36. The highest BCUT2D eigenvalue weighted by molar-refractivity contribution is 5.85. The average molecular weight is 175 g/mol. The van der Waals surface area contributed by atoms with Gasteiger partial charge in [0.25, 0.3) is 0 Å². The quantitative estimate of drug-likeness (QED) is 0.705. The van der Waals surface area contributed by atoms with Gasteiger partial charge in [-0.2, -0.15) is 0 Å². The van der Waals surface area contributed by atoms with Crippen LogP contribution in [-0.2, 0) is 13.2 Å². The van der Waals surface area contributed by atoms with Crippen LogP contribution in [0, 0.1) is 0 Å². The summed E-state index contributed by atoms with van der Waals surface area (Å²) in [5.74, 6) is 0. The Labute approximate surface area is 71.9 Å². The average Bonchev–Trinajstić information content (AvgIpc) is 2.05. The van der Waals surface area contributed by atoms with E-state index in [-0.39, 0.29) is 25.6 Å². The topological polar surface area (TPSA) is 40.5 Å². The van der Waals surface area contributed by atoms with E-state index in [9.17, 15) is 0 Å². The maximum atomic E-state index is 8.68. The van der Waals surface area contributed by atoms with Crippen LogP contribution >= 0.6 is 12.4 Å². The van der Waals surface area contributed by atoms with Gasteiger partial charge in [-0.1, -0.05) is 24.3 Å². The van der Waals surface area contributed by atoms with Crippen LogP contribution in [0.25, 0.3) is 0 Å². The van der Waals surface area contributed by atoms with Gasteiger partial charge in [0.05, 0.1) is 13.2 Å². The molecule has 0 aromatic heterocycles. The highest BCUT2D eigenvalue weighted by Crippen LogP contribution is 2.04. The van der Waals surface area contributed by atoms with Crippen molar-refractivity contribution in [1.82, 2.24) is 0 Å². The van der Waals surface area contributed by atoms with Crippen LogP contribution in [-0.4, -0.2) is 10.2 Å². The Morgan fingerprint density at radius 3 is 1.82 bits per heavy atom. The van der Waals surface area contributed by atoms with E-state index in [2.05, 4.69) is 0 Å². The van der Waals surface area contributed by atoms with E-state index in [1.54, 1.807) is 6.07 Å². The molecule has 0 amide bonds.